The minimum atomic E-state index is -0.488. The fraction of sp³-hybridized carbons (Fsp3) is 0.125. The van der Waals surface area contributed by atoms with Crippen molar-refractivity contribution < 1.29 is 13.9 Å². The number of nitrogens with zero attached hydrogens (tertiary/aromatic N) is 2. The van der Waals surface area contributed by atoms with Gasteiger partial charge in [-0.1, -0.05) is 35.3 Å². The Morgan fingerprint density at radius 2 is 1.97 bits per heavy atom. The highest BCUT2D eigenvalue weighted by molar-refractivity contribution is 7.13. The third kappa shape index (κ3) is 6.07. The summed E-state index contributed by atoms with van der Waals surface area (Å²) >= 11 is 13.1. The summed E-state index contributed by atoms with van der Waals surface area (Å²) in [5.74, 6) is -0.431. The molecule has 0 spiro atoms. The zero-order chi connectivity index (χ0) is 23.2. The second-order valence-corrected chi connectivity index (χ2v) is 8.72. The van der Waals surface area contributed by atoms with E-state index in [1.165, 1.54) is 17.4 Å². The summed E-state index contributed by atoms with van der Waals surface area (Å²) in [6.07, 6.45) is 2.32. The number of carbonyl (C=O) groups excluding carboxylic acids is 1. The monoisotopic (exact) mass is 501 g/mol. The molecule has 0 atom stereocenters. The van der Waals surface area contributed by atoms with Crippen LogP contribution in [0, 0.1) is 5.82 Å². The summed E-state index contributed by atoms with van der Waals surface area (Å²) in [6, 6.07) is 15.3. The molecule has 0 aliphatic carbocycles. The van der Waals surface area contributed by atoms with Gasteiger partial charge in [-0.2, -0.15) is 0 Å². The first-order valence-electron chi connectivity index (χ1n) is 10.00. The van der Waals surface area contributed by atoms with Crippen LogP contribution in [0.4, 0.5) is 4.39 Å². The summed E-state index contributed by atoms with van der Waals surface area (Å²) in [5, 5.41) is 5.72. The molecule has 2 aromatic carbocycles. The van der Waals surface area contributed by atoms with Crippen molar-refractivity contribution in [2.45, 2.75) is 13.0 Å². The maximum Gasteiger partial charge on any atom is 0.270 e. The lowest BCUT2D eigenvalue weighted by Crippen LogP contribution is -2.26. The Balaban J connectivity index is 1.36. The molecular weight excluding hydrogens is 484 g/mol. The van der Waals surface area contributed by atoms with Crippen molar-refractivity contribution in [1.29, 1.82) is 0 Å². The number of benzene rings is 2. The van der Waals surface area contributed by atoms with Gasteiger partial charge in [0.1, 0.15) is 28.9 Å². The quantitative estimate of drug-likeness (QED) is 0.312. The molecule has 0 radical (unpaired) electrons. The largest absolute Gasteiger partial charge is 0.489 e. The molecule has 0 bridgehead atoms. The molecular formula is C24H18Cl2FN3O2S. The lowest BCUT2D eigenvalue weighted by atomic mass is 10.2. The highest BCUT2D eigenvalue weighted by atomic mass is 35.5. The van der Waals surface area contributed by atoms with Gasteiger partial charge in [-0.05, 0) is 42.0 Å². The molecule has 9 heteroatoms. The van der Waals surface area contributed by atoms with Gasteiger partial charge in [0.05, 0.1) is 10.0 Å². The molecule has 1 amide bonds. The molecule has 2 heterocycles. The number of pyridine rings is 1. The van der Waals surface area contributed by atoms with Crippen molar-refractivity contribution in [3.8, 4) is 16.3 Å². The standard InChI is InChI=1S/C24H18Cl2FN3O2S/c25-19-7-4-15(11-20(19)26)13-32-17-5-6-18(21(27)12-17)24-30-22(14-33-24)23(31)29-10-8-16-3-1-2-9-28-16/h1-7,9,11-12,14H,8,10,13H2,(H,29,31). The maximum atomic E-state index is 14.7. The van der Waals surface area contributed by atoms with E-state index in [-0.39, 0.29) is 18.2 Å². The van der Waals surface area contributed by atoms with Gasteiger partial charge in [0, 0.05) is 41.9 Å². The number of amides is 1. The Kier molecular flexibility index (Phi) is 7.54. The fourth-order valence-corrected chi connectivity index (χ4v) is 4.14. The Hall–Kier alpha value is -3.00. The van der Waals surface area contributed by atoms with E-state index in [0.717, 1.165) is 11.3 Å². The fourth-order valence-electron chi connectivity index (χ4n) is 3.00. The second-order valence-electron chi connectivity index (χ2n) is 7.04. The van der Waals surface area contributed by atoms with Crippen LogP contribution in [-0.2, 0) is 13.0 Å². The van der Waals surface area contributed by atoms with Crippen LogP contribution in [0.15, 0.2) is 66.2 Å². The van der Waals surface area contributed by atoms with Gasteiger partial charge < -0.3 is 10.1 Å². The van der Waals surface area contributed by atoms with Crippen molar-refractivity contribution in [1.82, 2.24) is 15.3 Å². The Labute approximate surface area is 204 Å². The molecule has 0 saturated carbocycles. The number of ether oxygens (including phenoxy) is 1. The molecule has 4 rings (SSSR count). The van der Waals surface area contributed by atoms with Crippen LogP contribution in [0.25, 0.3) is 10.6 Å². The Bertz CT molecular complexity index is 1270. The number of carbonyl (C=O) groups is 1. The number of halogens is 3. The zero-order valence-corrected chi connectivity index (χ0v) is 19.6. The molecule has 4 aromatic rings. The van der Waals surface area contributed by atoms with E-state index < -0.39 is 5.82 Å². The minimum absolute atomic E-state index is 0.218. The third-order valence-corrected chi connectivity index (χ3v) is 6.30. The van der Waals surface area contributed by atoms with E-state index in [1.54, 1.807) is 41.9 Å². The van der Waals surface area contributed by atoms with E-state index in [9.17, 15) is 9.18 Å². The van der Waals surface area contributed by atoms with E-state index >= 15 is 0 Å². The second kappa shape index (κ2) is 10.7. The van der Waals surface area contributed by atoms with Crippen LogP contribution >= 0.6 is 34.5 Å². The van der Waals surface area contributed by atoms with Crippen LogP contribution < -0.4 is 10.1 Å². The summed E-state index contributed by atoms with van der Waals surface area (Å²) in [6.45, 7) is 0.650. The summed E-state index contributed by atoms with van der Waals surface area (Å²) < 4.78 is 20.4. The first kappa shape index (κ1) is 23.2. The number of hydrogen-bond acceptors (Lipinski definition) is 5. The van der Waals surface area contributed by atoms with Crippen molar-refractivity contribution in [3.63, 3.8) is 0 Å². The molecule has 0 saturated heterocycles. The predicted octanol–water partition coefficient (Wildman–Crippen LogP) is 6.20. The van der Waals surface area contributed by atoms with Gasteiger partial charge in [-0.15, -0.1) is 11.3 Å². The van der Waals surface area contributed by atoms with Gasteiger partial charge >= 0.3 is 0 Å². The van der Waals surface area contributed by atoms with Gasteiger partial charge in [-0.25, -0.2) is 9.37 Å². The number of rotatable bonds is 8. The number of thiazole rings is 1. The first-order chi connectivity index (χ1) is 16.0. The predicted molar refractivity (Wildman–Crippen MR) is 129 cm³/mol. The smallest absolute Gasteiger partial charge is 0.270 e. The zero-order valence-electron chi connectivity index (χ0n) is 17.2. The average molecular weight is 502 g/mol. The van der Waals surface area contributed by atoms with Gasteiger partial charge in [0.15, 0.2) is 0 Å². The van der Waals surface area contributed by atoms with Crippen molar-refractivity contribution in [2.24, 2.45) is 0 Å². The van der Waals surface area contributed by atoms with E-state index in [2.05, 4.69) is 15.3 Å². The van der Waals surface area contributed by atoms with Crippen molar-refractivity contribution in [2.75, 3.05) is 6.54 Å². The highest BCUT2D eigenvalue weighted by Gasteiger charge is 2.15. The molecule has 168 valence electrons. The Morgan fingerprint density at radius 1 is 1.09 bits per heavy atom. The molecule has 2 aromatic heterocycles. The van der Waals surface area contributed by atoms with Crippen molar-refractivity contribution in [3.05, 3.63) is 99.0 Å². The highest BCUT2D eigenvalue weighted by Crippen LogP contribution is 2.29. The molecule has 1 N–H and O–H groups in total. The SMILES string of the molecule is O=C(NCCc1ccccn1)c1csc(-c2ccc(OCc3ccc(Cl)c(Cl)c3)cc2F)n1. The Morgan fingerprint density at radius 3 is 2.73 bits per heavy atom. The normalized spacial score (nSPS) is 10.8. The summed E-state index contributed by atoms with van der Waals surface area (Å²) in [7, 11) is 0. The lowest BCUT2D eigenvalue weighted by Gasteiger charge is -2.08. The van der Waals surface area contributed by atoms with Crippen LogP contribution in [0.2, 0.25) is 10.0 Å². The van der Waals surface area contributed by atoms with Crippen LogP contribution in [-0.4, -0.2) is 22.4 Å². The molecule has 5 nitrogen and oxygen atoms in total. The maximum absolute atomic E-state index is 14.7. The van der Waals surface area contributed by atoms with Crippen molar-refractivity contribution >= 4 is 40.4 Å². The topological polar surface area (TPSA) is 64.1 Å². The third-order valence-electron chi connectivity index (χ3n) is 4.69. The molecule has 0 fully saturated rings. The van der Waals surface area contributed by atoms with Crippen LogP contribution in [0.5, 0.6) is 5.75 Å². The van der Waals surface area contributed by atoms with Crippen LogP contribution in [0.1, 0.15) is 21.7 Å². The van der Waals surface area contributed by atoms with Gasteiger partial charge in [-0.3, -0.25) is 9.78 Å². The number of nitrogens with one attached hydrogen (secondary N) is 1. The summed E-state index contributed by atoms with van der Waals surface area (Å²) in [5.41, 5.74) is 2.25. The number of hydrogen-bond donors (Lipinski definition) is 1. The lowest BCUT2D eigenvalue weighted by molar-refractivity contribution is 0.0950. The van der Waals surface area contributed by atoms with Gasteiger partial charge in [0.2, 0.25) is 0 Å². The molecule has 33 heavy (non-hydrogen) atoms. The summed E-state index contributed by atoms with van der Waals surface area (Å²) in [4.78, 5) is 20.9. The minimum Gasteiger partial charge on any atom is -0.489 e. The molecule has 0 unspecified atom stereocenters. The van der Waals surface area contributed by atoms with E-state index in [0.29, 0.717) is 39.3 Å². The first-order valence-corrected chi connectivity index (χ1v) is 11.6. The van der Waals surface area contributed by atoms with E-state index in [4.69, 9.17) is 27.9 Å². The van der Waals surface area contributed by atoms with Gasteiger partial charge in [0.25, 0.3) is 5.91 Å². The van der Waals surface area contributed by atoms with Crippen LogP contribution in [0.3, 0.4) is 0 Å². The van der Waals surface area contributed by atoms with E-state index in [1.807, 2.05) is 18.2 Å². The number of aromatic nitrogens is 2. The molecule has 0 aliphatic heterocycles. The molecule has 0 aliphatic rings. The average Bonchev–Trinajstić information content (AvgIpc) is 3.31.